The van der Waals surface area contributed by atoms with E-state index in [0.29, 0.717) is 16.5 Å². The lowest BCUT2D eigenvalue weighted by atomic mass is 9.97. The Balaban J connectivity index is 1.67. The van der Waals surface area contributed by atoms with Crippen molar-refractivity contribution in [2.75, 3.05) is 7.11 Å². The average molecular weight is 282 g/mol. The van der Waals surface area contributed by atoms with Gasteiger partial charge < -0.3 is 9.15 Å². The Morgan fingerprint density at radius 2 is 2.42 bits per heavy atom. The molecule has 1 aromatic rings. The molecule has 0 aliphatic heterocycles. The van der Waals surface area contributed by atoms with E-state index in [4.69, 9.17) is 9.15 Å². The quantitative estimate of drug-likeness (QED) is 0.833. The van der Waals surface area contributed by atoms with Gasteiger partial charge in [-0.25, -0.2) is 4.98 Å². The number of methoxy groups -OCH3 is 1. The number of aromatic nitrogens is 1. The summed E-state index contributed by atoms with van der Waals surface area (Å²) in [5.74, 6) is -0.130. The maximum Gasteiger partial charge on any atom is 0.326 e. The lowest BCUT2D eigenvalue weighted by Gasteiger charge is -2.27. The summed E-state index contributed by atoms with van der Waals surface area (Å²) in [6.07, 6.45) is 8.13. The zero-order valence-electron chi connectivity index (χ0n) is 10.9. The zero-order valence-corrected chi connectivity index (χ0v) is 11.7. The third-order valence-electron chi connectivity index (χ3n) is 3.78. The van der Waals surface area contributed by atoms with Crippen LogP contribution in [0.4, 0.5) is 0 Å². The molecule has 1 aromatic heterocycles. The van der Waals surface area contributed by atoms with Crippen LogP contribution in [0.5, 0.6) is 0 Å². The van der Waals surface area contributed by atoms with E-state index in [1.165, 1.54) is 7.11 Å². The molecule has 2 aliphatic carbocycles. The number of carbonyl (C=O) groups is 1. The Kier molecular flexibility index (Phi) is 3.54. The van der Waals surface area contributed by atoms with Crippen molar-refractivity contribution in [3.63, 3.8) is 0 Å². The van der Waals surface area contributed by atoms with Crippen molar-refractivity contribution < 1.29 is 13.9 Å². The van der Waals surface area contributed by atoms with Crippen LogP contribution in [0.25, 0.3) is 0 Å². The molecule has 5 nitrogen and oxygen atoms in total. The number of thioether (sulfide) groups is 1. The number of oxazole rings is 1. The average Bonchev–Trinajstić information content (AvgIpc) is 2.91. The molecule has 0 aromatic carbocycles. The molecule has 0 bridgehead atoms. The first-order valence-electron chi connectivity index (χ1n) is 6.64. The lowest BCUT2D eigenvalue weighted by Crippen LogP contribution is -2.52. The largest absolute Gasteiger partial charge is 0.468 e. The second-order valence-electron chi connectivity index (χ2n) is 5.27. The standard InChI is InChI=1S/C13H18N2O3S/c1-17-11(16)13(15-9-2-3-9)5-4-10(8-13)19-12-14-6-7-18-12/h6-7,9-10,15H,2-5,8H2,1H3. The summed E-state index contributed by atoms with van der Waals surface area (Å²) in [5.41, 5.74) is -0.500. The van der Waals surface area contributed by atoms with Gasteiger partial charge in [0, 0.05) is 11.3 Å². The molecule has 2 aliphatic rings. The van der Waals surface area contributed by atoms with Crippen molar-refractivity contribution >= 4 is 17.7 Å². The first kappa shape index (κ1) is 13.0. The molecular weight excluding hydrogens is 264 g/mol. The molecular formula is C13H18N2O3S. The molecule has 0 saturated heterocycles. The van der Waals surface area contributed by atoms with E-state index in [1.54, 1.807) is 24.2 Å². The van der Waals surface area contributed by atoms with Crippen LogP contribution in [0.2, 0.25) is 0 Å². The van der Waals surface area contributed by atoms with E-state index >= 15 is 0 Å². The van der Waals surface area contributed by atoms with Crippen LogP contribution in [0.1, 0.15) is 32.1 Å². The van der Waals surface area contributed by atoms with Crippen molar-refractivity contribution in [2.45, 2.75) is 54.2 Å². The molecule has 0 amide bonds. The van der Waals surface area contributed by atoms with Crippen LogP contribution in [0, 0.1) is 0 Å². The van der Waals surface area contributed by atoms with Crippen LogP contribution in [0.15, 0.2) is 22.1 Å². The summed E-state index contributed by atoms with van der Waals surface area (Å²) in [5, 5.41) is 4.52. The predicted octanol–water partition coefficient (Wildman–Crippen LogP) is 1.98. The van der Waals surface area contributed by atoms with Crippen LogP contribution in [-0.4, -0.2) is 34.9 Å². The maximum atomic E-state index is 12.1. The minimum absolute atomic E-state index is 0.130. The Morgan fingerprint density at radius 3 is 3.05 bits per heavy atom. The van der Waals surface area contributed by atoms with Gasteiger partial charge in [-0.15, -0.1) is 0 Å². The van der Waals surface area contributed by atoms with Gasteiger partial charge in [0.25, 0.3) is 5.22 Å². The van der Waals surface area contributed by atoms with Gasteiger partial charge in [0.2, 0.25) is 0 Å². The molecule has 0 radical (unpaired) electrons. The van der Waals surface area contributed by atoms with Gasteiger partial charge in [0.1, 0.15) is 11.8 Å². The van der Waals surface area contributed by atoms with Gasteiger partial charge in [-0.05, 0) is 32.1 Å². The van der Waals surface area contributed by atoms with Gasteiger partial charge >= 0.3 is 5.97 Å². The van der Waals surface area contributed by atoms with Gasteiger partial charge in [-0.1, -0.05) is 11.8 Å². The zero-order chi connectivity index (χ0) is 13.3. The second kappa shape index (κ2) is 5.17. The van der Waals surface area contributed by atoms with Gasteiger partial charge in [0.05, 0.1) is 13.3 Å². The number of rotatable bonds is 5. The SMILES string of the molecule is COC(=O)C1(NC2CC2)CCC(Sc2ncco2)C1. The third-order valence-corrected chi connectivity index (χ3v) is 4.92. The summed E-state index contributed by atoms with van der Waals surface area (Å²) < 4.78 is 10.3. The Labute approximate surface area is 116 Å². The molecule has 1 N–H and O–H groups in total. The Morgan fingerprint density at radius 1 is 1.58 bits per heavy atom. The molecule has 2 atom stereocenters. The topological polar surface area (TPSA) is 64.4 Å². The van der Waals surface area contributed by atoms with Crippen LogP contribution in [-0.2, 0) is 9.53 Å². The van der Waals surface area contributed by atoms with E-state index in [2.05, 4.69) is 10.3 Å². The first-order chi connectivity index (χ1) is 9.22. The van der Waals surface area contributed by atoms with Crippen LogP contribution >= 0.6 is 11.8 Å². The highest BCUT2D eigenvalue weighted by molar-refractivity contribution is 7.99. The fourth-order valence-corrected chi connectivity index (χ4v) is 3.82. The number of nitrogens with zero attached hydrogens (tertiary/aromatic N) is 1. The Bertz CT molecular complexity index is 447. The number of nitrogens with one attached hydrogen (secondary N) is 1. The lowest BCUT2D eigenvalue weighted by molar-refractivity contribution is -0.148. The van der Waals surface area contributed by atoms with Crippen LogP contribution < -0.4 is 5.32 Å². The van der Waals surface area contributed by atoms with Crippen molar-refractivity contribution in [2.24, 2.45) is 0 Å². The molecule has 2 unspecified atom stereocenters. The first-order valence-corrected chi connectivity index (χ1v) is 7.52. The summed E-state index contributed by atoms with van der Waals surface area (Å²) in [7, 11) is 1.47. The van der Waals surface area contributed by atoms with E-state index < -0.39 is 5.54 Å². The highest BCUT2D eigenvalue weighted by Gasteiger charge is 2.49. The molecule has 19 heavy (non-hydrogen) atoms. The predicted molar refractivity (Wildman–Crippen MR) is 70.9 cm³/mol. The third kappa shape index (κ3) is 2.79. The van der Waals surface area contributed by atoms with E-state index in [1.807, 2.05) is 0 Å². The van der Waals surface area contributed by atoms with Crippen molar-refractivity contribution in [3.8, 4) is 0 Å². The minimum Gasteiger partial charge on any atom is -0.468 e. The normalized spacial score (nSPS) is 30.5. The molecule has 0 spiro atoms. The monoisotopic (exact) mass is 282 g/mol. The molecule has 104 valence electrons. The smallest absolute Gasteiger partial charge is 0.326 e. The highest BCUT2D eigenvalue weighted by atomic mass is 32.2. The number of esters is 1. The number of carbonyl (C=O) groups excluding carboxylic acids is 1. The fraction of sp³-hybridized carbons (Fsp3) is 0.692. The van der Waals surface area contributed by atoms with Crippen molar-refractivity contribution in [3.05, 3.63) is 12.5 Å². The molecule has 6 heteroatoms. The maximum absolute atomic E-state index is 12.1. The second-order valence-corrected chi connectivity index (χ2v) is 6.52. The molecule has 3 rings (SSSR count). The highest BCUT2D eigenvalue weighted by Crippen LogP contribution is 2.42. The number of hydrogen-bond donors (Lipinski definition) is 1. The van der Waals surface area contributed by atoms with Gasteiger partial charge in [-0.2, -0.15) is 0 Å². The molecule has 2 fully saturated rings. The summed E-state index contributed by atoms with van der Waals surface area (Å²) in [4.78, 5) is 16.2. The fourth-order valence-electron chi connectivity index (χ4n) is 2.70. The van der Waals surface area contributed by atoms with Crippen molar-refractivity contribution in [1.29, 1.82) is 0 Å². The van der Waals surface area contributed by atoms with Gasteiger partial charge in [0.15, 0.2) is 0 Å². The summed E-state index contributed by atoms with van der Waals surface area (Å²) >= 11 is 1.61. The van der Waals surface area contributed by atoms with E-state index in [-0.39, 0.29) is 5.97 Å². The van der Waals surface area contributed by atoms with E-state index in [0.717, 1.165) is 32.1 Å². The molecule has 2 saturated carbocycles. The molecule has 1 heterocycles. The summed E-state index contributed by atoms with van der Waals surface area (Å²) in [6, 6.07) is 0.490. The Hall–Kier alpha value is -1.01. The van der Waals surface area contributed by atoms with E-state index in [9.17, 15) is 4.79 Å². The number of hydrogen-bond acceptors (Lipinski definition) is 6. The number of ether oxygens (including phenoxy) is 1. The summed E-state index contributed by atoms with van der Waals surface area (Å²) in [6.45, 7) is 0. The minimum atomic E-state index is -0.500. The van der Waals surface area contributed by atoms with Crippen LogP contribution in [0.3, 0.4) is 0 Å². The van der Waals surface area contributed by atoms with Gasteiger partial charge in [-0.3, -0.25) is 10.1 Å². The van der Waals surface area contributed by atoms with Crippen molar-refractivity contribution in [1.82, 2.24) is 10.3 Å².